The standard InChI is InChI=1S/C21H19FN2O3S/c1-14-7-10-16(11-8-14)23-21(25)18-13-17(12-9-15(18)2)28(26,27)24-20-6-4-3-5-19(20)22/h3-13,24H,1-2H3,(H,23,25). The summed E-state index contributed by atoms with van der Waals surface area (Å²) in [7, 11) is -4.06. The average Bonchev–Trinajstić information content (AvgIpc) is 2.65. The molecule has 144 valence electrons. The topological polar surface area (TPSA) is 75.3 Å². The number of carbonyl (C=O) groups is 1. The quantitative estimate of drug-likeness (QED) is 0.665. The van der Waals surface area contributed by atoms with E-state index in [1.807, 2.05) is 19.1 Å². The molecule has 2 N–H and O–H groups in total. The van der Waals surface area contributed by atoms with E-state index in [1.54, 1.807) is 25.1 Å². The lowest BCUT2D eigenvalue weighted by atomic mass is 10.1. The smallest absolute Gasteiger partial charge is 0.262 e. The number of nitrogens with one attached hydrogen (secondary N) is 2. The Labute approximate surface area is 163 Å². The molecule has 7 heteroatoms. The van der Waals surface area contributed by atoms with Crippen LogP contribution in [0.15, 0.2) is 71.6 Å². The minimum absolute atomic E-state index is 0.129. The van der Waals surface area contributed by atoms with Crippen LogP contribution in [0.2, 0.25) is 0 Å². The third-order valence-corrected chi connectivity index (χ3v) is 5.55. The maximum atomic E-state index is 13.8. The lowest BCUT2D eigenvalue weighted by Gasteiger charge is -2.12. The number of aryl methyl sites for hydroxylation is 2. The van der Waals surface area contributed by atoms with Crippen molar-refractivity contribution in [3.63, 3.8) is 0 Å². The van der Waals surface area contributed by atoms with Gasteiger partial charge in [0.25, 0.3) is 15.9 Å². The molecule has 0 fully saturated rings. The molecule has 28 heavy (non-hydrogen) atoms. The van der Waals surface area contributed by atoms with Gasteiger partial charge in [-0.15, -0.1) is 0 Å². The molecule has 0 aliphatic heterocycles. The third kappa shape index (κ3) is 4.37. The van der Waals surface area contributed by atoms with Crippen molar-refractivity contribution in [3.8, 4) is 0 Å². The van der Waals surface area contributed by atoms with Gasteiger partial charge in [0.05, 0.1) is 10.6 Å². The van der Waals surface area contributed by atoms with Crippen molar-refractivity contribution in [1.82, 2.24) is 0 Å². The predicted octanol–water partition coefficient (Wildman–Crippen LogP) is 4.50. The van der Waals surface area contributed by atoms with Crippen molar-refractivity contribution in [2.75, 3.05) is 10.0 Å². The fourth-order valence-electron chi connectivity index (χ4n) is 2.60. The summed E-state index contributed by atoms with van der Waals surface area (Å²) in [6.45, 7) is 3.65. The summed E-state index contributed by atoms with van der Waals surface area (Å²) in [5, 5.41) is 2.75. The number of carbonyl (C=O) groups excluding carboxylic acids is 1. The first kappa shape index (κ1) is 19.6. The second kappa shape index (κ2) is 7.82. The summed E-state index contributed by atoms with van der Waals surface area (Å²) in [6, 6.07) is 16.9. The van der Waals surface area contributed by atoms with E-state index in [9.17, 15) is 17.6 Å². The Morgan fingerprint density at radius 1 is 0.929 bits per heavy atom. The van der Waals surface area contributed by atoms with Gasteiger partial charge in [0.15, 0.2) is 0 Å². The molecular formula is C21H19FN2O3S. The Bertz CT molecular complexity index is 1130. The SMILES string of the molecule is Cc1ccc(NC(=O)c2cc(S(=O)(=O)Nc3ccccc3F)ccc2C)cc1. The van der Waals surface area contributed by atoms with Crippen LogP contribution >= 0.6 is 0 Å². The van der Waals surface area contributed by atoms with E-state index in [0.717, 1.165) is 11.6 Å². The molecule has 3 rings (SSSR count). The number of halogens is 1. The van der Waals surface area contributed by atoms with Crippen molar-refractivity contribution in [3.05, 3.63) is 89.2 Å². The zero-order valence-electron chi connectivity index (χ0n) is 15.4. The molecular weight excluding hydrogens is 379 g/mol. The molecule has 0 heterocycles. The summed E-state index contributed by atoms with van der Waals surface area (Å²) >= 11 is 0. The van der Waals surface area contributed by atoms with Crippen LogP contribution in [-0.2, 0) is 10.0 Å². The zero-order valence-corrected chi connectivity index (χ0v) is 16.2. The maximum Gasteiger partial charge on any atom is 0.262 e. The van der Waals surface area contributed by atoms with E-state index in [4.69, 9.17) is 0 Å². The molecule has 0 spiro atoms. The van der Waals surface area contributed by atoms with Crippen LogP contribution in [-0.4, -0.2) is 14.3 Å². The van der Waals surface area contributed by atoms with E-state index in [1.165, 1.54) is 30.3 Å². The highest BCUT2D eigenvalue weighted by atomic mass is 32.2. The summed E-state index contributed by atoms with van der Waals surface area (Å²) in [6.07, 6.45) is 0. The number of sulfonamides is 1. The van der Waals surface area contributed by atoms with Crippen molar-refractivity contribution >= 4 is 27.3 Å². The van der Waals surface area contributed by atoms with Gasteiger partial charge in [-0.1, -0.05) is 35.9 Å². The van der Waals surface area contributed by atoms with Crippen molar-refractivity contribution in [2.24, 2.45) is 0 Å². The van der Waals surface area contributed by atoms with E-state index < -0.39 is 21.7 Å². The van der Waals surface area contributed by atoms with Gasteiger partial charge >= 0.3 is 0 Å². The number of benzene rings is 3. The number of amides is 1. The Morgan fingerprint density at radius 2 is 1.61 bits per heavy atom. The van der Waals surface area contributed by atoms with Gasteiger partial charge in [-0.2, -0.15) is 0 Å². The predicted molar refractivity (Wildman–Crippen MR) is 108 cm³/mol. The summed E-state index contributed by atoms with van der Waals surface area (Å²) in [5.41, 5.74) is 2.34. The lowest BCUT2D eigenvalue weighted by Crippen LogP contribution is -2.17. The number of hydrogen-bond acceptors (Lipinski definition) is 3. The molecule has 0 saturated heterocycles. The molecule has 0 radical (unpaired) electrons. The van der Waals surface area contributed by atoms with Crippen LogP contribution in [0.3, 0.4) is 0 Å². The first-order chi connectivity index (χ1) is 13.3. The molecule has 1 amide bonds. The fraction of sp³-hybridized carbons (Fsp3) is 0.0952. The number of para-hydroxylation sites is 1. The Morgan fingerprint density at radius 3 is 2.29 bits per heavy atom. The van der Waals surface area contributed by atoms with E-state index >= 15 is 0 Å². The summed E-state index contributed by atoms with van der Waals surface area (Å²) < 4.78 is 41.2. The minimum Gasteiger partial charge on any atom is -0.322 e. The van der Waals surface area contributed by atoms with Crippen LogP contribution in [0, 0.1) is 19.7 Å². The van der Waals surface area contributed by atoms with Crippen molar-refractivity contribution < 1.29 is 17.6 Å². The molecule has 5 nitrogen and oxygen atoms in total. The monoisotopic (exact) mass is 398 g/mol. The van der Waals surface area contributed by atoms with Gasteiger partial charge in [-0.3, -0.25) is 9.52 Å². The van der Waals surface area contributed by atoms with Crippen molar-refractivity contribution in [1.29, 1.82) is 0 Å². The molecule has 0 unspecified atom stereocenters. The van der Waals surface area contributed by atoms with E-state index in [2.05, 4.69) is 10.0 Å². The van der Waals surface area contributed by atoms with Crippen molar-refractivity contribution in [2.45, 2.75) is 18.7 Å². The van der Waals surface area contributed by atoms with E-state index in [-0.39, 0.29) is 16.1 Å². The molecule has 0 aliphatic rings. The lowest BCUT2D eigenvalue weighted by molar-refractivity contribution is 0.102. The second-order valence-electron chi connectivity index (χ2n) is 6.38. The Hall–Kier alpha value is -3.19. The average molecular weight is 398 g/mol. The van der Waals surface area contributed by atoms with Gasteiger partial charge in [0, 0.05) is 11.3 Å². The van der Waals surface area contributed by atoms with Crippen LogP contribution < -0.4 is 10.0 Å². The Balaban J connectivity index is 1.89. The van der Waals surface area contributed by atoms with Crippen LogP contribution in [0.1, 0.15) is 21.5 Å². The van der Waals surface area contributed by atoms with Gasteiger partial charge in [-0.05, 0) is 55.8 Å². The molecule has 0 bridgehead atoms. The van der Waals surface area contributed by atoms with Gasteiger partial charge in [-0.25, -0.2) is 12.8 Å². The highest BCUT2D eigenvalue weighted by Crippen LogP contribution is 2.22. The molecule has 0 atom stereocenters. The molecule has 0 aromatic heterocycles. The van der Waals surface area contributed by atoms with Gasteiger partial charge in [0.2, 0.25) is 0 Å². The third-order valence-electron chi connectivity index (χ3n) is 4.19. The minimum atomic E-state index is -4.06. The number of hydrogen-bond donors (Lipinski definition) is 2. The molecule has 0 saturated carbocycles. The maximum absolute atomic E-state index is 13.8. The van der Waals surface area contributed by atoms with E-state index in [0.29, 0.717) is 11.3 Å². The van der Waals surface area contributed by atoms with Crippen LogP contribution in [0.25, 0.3) is 0 Å². The fourth-order valence-corrected chi connectivity index (χ4v) is 3.69. The molecule has 3 aromatic rings. The summed E-state index contributed by atoms with van der Waals surface area (Å²) in [5.74, 6) is -1.11. The number of anilines is 2. The first-order valence-electron chi connectivity index (χ1n) is 8.52. The van der Waals surface area contributed by atoms with Gasteiger partial charge < -0.3 is 5.32 Å². The largest absolute Gasteiger partial charge is 0.322 e. The summed E-state index contributed by atoms with van der Waals surface area (Å²) in [4.78, 5) is 12.5. The van der Waals surface area contributed by atoms with Crippen LogP contribution in [0.4, 0.5) is 15.8 Å². The molecule has 3 aromatic carbocycles. The van der Waals surface area contributed by atoms with Gasteiger partial charge in [0.1, 0.15) is 5.82 Å². The zero-order chi connectivity index (χ0) is 20.3. The molecule has 0 aliphatic carbocycles. The van der Waals surface area contributed by atoms with Crippen LogP contribution in [0.5, 0.6) is 0 Å². The Kier molecular flexibility index (Phi) is 5.46. The highest BCUT2D eigenvalue weighted by Gasteiger charge is 2.19. The first-order valence-corrected chi connectivity index (χ1v) is 10.0. The highest BCUT2D eigenvalue weighted by molar-refractivity contribution is 7.92. The number of rotatable bonds is 5. The second-order valence-corrected chi connectivity index (χ2v) is 8.06. The normalized spacial score (nSPS) is 11.1.